The van der Waals surface area contributed by atoms with Crippen LogP contribution in [0.5, 0.6) is 5.75 Å². The first-order valence-corrected chi connectivity index (χ1v) is 11.4. The first-order valence-electron chi connectivity index (χ1n) is 10.3. The number of hydrogen-bond donors (Lipinski definition) is 3. The van der Waals surface area contributed by atoms with Crippen molar-refractivity contribution < 1.29 is 19.1 Å². The van der Waals surface area contributed by atoms with Crippen molar-refractivity contribution in [2.45, 2.75) is 19.9 Å². The van der Waals surface area contributed by atoms with Crippen molar-refractivity contribution in [3.05, 3.63) is 87.5 Å². The third-order valence-corrected chi connectivity index (χ3v) is 5.40. The number of anilines is 2. The van der Waals surface area contributed by atoms with E-state index in [1.807, 2.05) is 31.2 Å². The molecule has 170 valence electrons. The predicted octanol–water partition coefficient (Wildman–Crippen LogP) is 4.37. The average Bonchev–Trinajstić information content (AvgIpc) is 2.80. The molecule has 3 aromatic carbocycles. The van der Waals surface area contributed by atoms with Crippen LogP contribution in [0.15, 0.2) is 72.8 Å². The van der Waals surface area contributed by atoms with E-state index in [9.17, 15) is 14.4 Å². The molecule has 0 spiro atoms. The Kier molecular flexibility index (Phi) is 8.42. The highest BCUT2D eigenvalue weighted by atomic mass is 127. The van der Waals surface area contributed by atoms with E-state index in [1.165, 1.54) is 0 Å². The third kappa shape index (κ3) is 7.31. The van der Waals surface area contributed by atoms with Gasteiger partial charge in [-0.2, -0.15) is 0 Å². The summed E-state index contributed by atoms with van der Waals surface area (Å²) < 4.78 is 6.65. The Hall–Kier alpha value is -3.40. The second-order valence-electron chi connectivity index (χ2n) is 7.39. The first kappa shape index (κ1) is 24.2. The lowest BCUT2D eigenvalue weighted by molar-refractivity contribution is -0.118. The van der Waals surface area contributed by atoms with Crippen LogP contribution in [-0.4, -0.2) is 30.4 Å². The Morgan fingerprint density at radius 1 is 0.879 bits per heavy atom. The monoisotopic (exact) mass is 557 g/mol. The van der Waals surface area contributed by atoms with Crippen LogP contribution >= 0.6 is 22.6 Å². The lowest BCUT2D eigenvalue weighted by atomic mass is 10.1. The number of carbonyl (C=O) groups is 3. The zero-order chi connectivity index (χ0) is 23.8. The maximum absolute atomic E-state index is 12.8. The Balaban J connectivity index is 1.57. The Bertz CT molecular complexity index is 1130. The van der Waals surface area contributed by atoms with Crippen molar-refractivity contribution in [2.75, 3.05) is 17.2 Å². The largest absolute Gasteiger partial charge is 0.483 e. The van der Waals surface area contributed by atoms with Gasteiger partial charge in [0.15, 0.2) is 6.61 Å². The van der Waals surface area contributed by atoms with Gasteiger partial charge < -0.3 is 20.7 Å². The Morgan fingerprint density at radius 3 is 2.18 bits per heavy atom. The van der Waals surface area contributed by atoms with Crippen LogP contribution in [0.2, 0.25) is 0 Å². The highest BCUT2D eigenvalue weighted by Crippen LogP contribution is 2.19. The summed E-state index contributed by atoms with van der Waals surface area (Å²) >= 11 is 2.18. The molecule has 33 heavy (non-hydrogen) atoms. The zero-order valence-electron chi connectivity index (χ0n) is 18.2. The number of carbonyl (C=O) groups excluding carboxylic acids is 3. The van der Waals surface area contributed by atoms with E-state index in [0.29, 0.717) is 11.4 Å². The normalized spacial score (nSPS) is 11.2. The van der Waals surface area contributed by atoms with Crippen molar-refractivity contribution in [1.29, 1.82) is 0 Å². The molecule has 3 amide bonds. The van der Waals surface area contributed by atoms with Crippen LogP contribution < -0.4 is 20.7 Å². The van der Waals surface area contributed by atoms with Crippen LogP contribution in [0.3, 0.4) is 0 Å². The molecule has 0 fully saturated rings. The Morgan fingerprint density at radius 2 is 1.48 bits per heavy atom. The van der Waals surface area contributed by atoms with E-state index in [4.69, 9.17) is 4.74 Å². The number of aryl methyl sites for hydroxylation is 1. The minimum atomic E-state index is -0.781. The zero-order valence-corrected chi connectivity index (χ0v) is 20.4. The number of rotatable bonds is 8. The molecule has 3 N–H and O–H groups in total. The van der Waals surface area contributed by atoms with Gasteiger partial charge in [0.25, 0.3) is 11.8 Å². The van der Waals surface area contributed by atoms with Crippen LogP contribution in [-0.2, 0) is 9.59 Å². The van der Waals surface area contributed by atoms with E-state index < -0.39 is 11.9 Å². The third-order valence-electron chi connectivity index (χ3n) is 4.68. The summed E-state index contributed by atoms with van der Waals surface area (Å²) in [6, 6.07) is 20.5. The summed E-state index contributed by atoms with van der Waals surface area (Å²) in [5, 5.41) is 8.18. The van der Waals surface area contributed by atoms with Crippen LogP contribution in [0.4, 0.5) is 11.4 Å². The quantitative estimate of drug-likeness (QED) is 0.359. The maximum atomic E-state index is 12.8. The smallest absolute Gasteiger partial charge is 0.262 e. The van der Waals surface area contributed by atoms with Crippen LogP contribution in [0.25, 0.3) is 0 Å². The standard InChI is InChI=1S/C25H24IN3O4/c1-16-7-11-20(12-8-16)29-24(31)17(2)27-25(32)21-5-3-4-6-22(21)33-15-23(30)28-19-13-9-18(26)10-14-19/h3-14,17H,15H2,1-2H3,(H,27,32)(H,28,30)(H,29,31). The molecule has 0 radical (unpaired) electrons. The molecule has 8 heteroatoms. The number of amides is 3. The van der Waals surface area contributed by atoms with E-state index in [2.05, 4.69) is 38.5 Å². The average molecular weight is 557 g/mol. The van der Waals surface area contributed by atoms with Crippen molar-refractivity contribution >= 4 is 51.7 Å². The highest BCUT2D eigenvalue weighted by molar-refractivity contribution is 14.1. The van der Waals surface area contributed by atoms with Gasteiger partial charge in [0.1, 0.15) is 11.8 Å². The fraction of sp³-hybridized carbons (Fsp3) is 0.160. The molecule has 1 unspecified atom stereocenters. The molecular formula is C25H24IN3O4. The molecule has 0 heterocycles. The maximum Gasteiger partial charge on any atom is 0.262 e. The molecular weight excluding hydrogens is 533 g/mol. The second kappa shape index (κ2) is 11.5. The number of hydrogen-bond acceptors (Lipinski definition) is 4. The summed E-state index contributed by atoms with van der Waals surface area (Å²) in [5.74, 6) is -0.922. The number of para-hydroxylation sites is 1. The van der Waals surface area contributed by atoms with Gasteiger partial charge in [-0.05, 0) is 85.0 Å². The molecule has 0 aliphatic heterocycles. The topological polar surface area (TPSA) is 96.5 Å². The van der Waals surface area contributed by atoms with Gasteiger partial charge in [0.05, 0.1) is 5.56 Å². The molecule has 0 aliphatic rings. The molecule has 0 aliphatic carbocycles. The Labute approximate surface area is 206 Å². The molecule has 3 rings (SSSR count). The SMILES string of the molecule is Cc1ccc(NC(=O)C(C)NC(=O)c2ccccc2OCC(=O)Nc2ccc(I)cc2)cc1. The highest BCUT2D eigenvalue weighted by Gasteiger charge is 2.19. The summed E-state index contributed by atoms with van der Waals surface area (Å²) in [6.07, 6.45) is 0. The lowest BCUT2D eigenvalue weighted by Crippen LogP contribution is -2.41. The fourth-order valence-corrected chi connectivity index (χ4v) is 3.24. The van der Waals surface area contributed by atoms with E-state index in [1.54, 1.807) is 55.5 Å². The minimum absolute atomic E-state index is 0.231. The summed E-state index contributed by atoms with van der Waals surface area (Å²) in [4.78, 5) is 37.4. The van der Waals surface area contributed by atoms with Crippen molar-refractivity contribution in [1.82, 2.24) is 5.32 Å². The lowest BCUT2D eigenvalue weighted by Gasteiger charge is -2.16. The molecule has 7 nitrogen and oxygen atoms in total. The molecule has 0 aromatic heterocycles. The number of ether oxygens (including phenoxy) is 1. The van der Waals surface area contributed by atoms with E-state index in [-0.39, 0.29) is 29.7 Å². The van der Waals surface area contributed by atoms with Gasteiger partial charge in [-0.15, -0.1) is 0 Å². The number of nitrogens with one attached hydrogen (secondary N) is 3. The first-order chi connectivity index (χ1) is 15.8. The van der Waals surface area contributed by atoms with Gasteiger partial charge in [0, 0.05) is 14.9 Å². The van der Waals surface area contributed by atoms with Gasteiger partial charge in [-0.1, -0.05) is 29.8 Å². The number of benzene rings is 3. The van der Waals surface area contributed by atoms with E-state index in [0.717, 1.165) is 9.13 Å². The van der Waals surface area contributed by atoms with Gasteiger partial charge in [-0.25, -0.2) is 0 Å². The van der Waals surface area contributed by atoms with Gasteiger partial charge >= 0.3 is 0 Å². The summed E-state index contributed by atoms with van der Waals surface area (Å²) in [5.41, 5.74) is 2.62. The van der Waals surface area contributed by atoms with Crippen molar-refractivity contribution in [3.8, 4) is 5.75 Å². The van der Waals surface area contributed by atoms with Crippen LogP contribution in [0.1, 0.15) is 22.8 Å². The summed E-state index contributed by atoms with van der Waals surface area (Å²) in [7, 11) is 0. The van der Waals surface area contributed by atoms with Crippen molar-refractivity contribution in [2.24, 2.45) is 0 Å². The van der Waals surface area contributed by atoms with Crippen molar-refractivity contribution in [3.63, 3.8) is 0 Å². The van der Waals surface area contributed by atoms with Gasteiger partial charge in [-0.3, -0.25) is 14.4 Å². The van der Waals surface area contributed by atoms with E-state index >= 15 is 0 Å². The minimum Gasteiger partial charge on any atom is -0.483 e. The molecule has 3 aromatic rings. The second-order valence-corrected chi connectivity index (χ2v) is 8.64. The van der Waals surface area contributed by atoms with Crippen LogP contribution in [0, 0.1) is 10.5 Å². The summed E-state index contributed by atoms with van der Waals surface area (Å²) in [6.45, 7) is 3.29. The predicted molar refractivity (Wildman–Crippen MR) is 136 cm³/mol. The van der Waals surface area contributed by atoms with Gasteiger partial charge in [0.2, 0.25) is 5.91 Å². The molecule has 1 atom stereocenters. The molecule has 0 bridgehead atoms. The molecule has 0 saturated carbocycles. The molecule has 0 saturated heterocycles. The fourth-order valence-electron chi connectivity index (χ4n) is 2.88. The number of halogens is 1.